The number of hydrogen-bond acceptors (Lipinski definition) is 4. The first kappa shape index (κ1) is 12.4. The minimum atomic E-state index is -1.25. The van der Waals surface area contributed by atoms with Gasteiger partial charge in [-0.15, -0.1) is 4.68 Å². The van der Waals surface area contributed by atoms with E-state index in [2.05, 4.69) is 10.1 Å². The minimum Gasteiger partial charge on any atom is -0.463 e. The topological polar surface area (TPSA) is 87.8 Å². The molecule has 2 amide bonds. The van der Waals surface area contributed by atoms with Crippen molar-refractivity contribution in [2.75, 3.05) is 14.1 Å². The van der Waals surface area contributed by atoms with Crippen molar-refractivity contribution in [3.63, 3.8) is 0 Å². The van der Waals surface area contributed by atoms with Crippen LogP contribution >= 0.6 is 11.3 Å². The number of hydrogen-bond donors (Lipinski definition) is 1. The van der Waals surface area contributed by atoms with Crippen molar-refractivity contribution < 1.29 is 14.7 Å². The summed E-state index contributed by atoms with van der Waals surface area (Å²) in [5.41, 5.74) is 0. The Hall–Kier alpha value is -1.70. The Balaban J connectivity index is 3.26. The van der Waals surface area contributed by atoms with Crippen LogP contribution in [-0.2, 0) is 6.42 Å². The molecular formula is C8H12N4O3S. The molecule has 16 heavy (non-hydrogen) atoms. The summed E-state index contributed by atoms with van der Waals surface area (Å²) in [4.78, 5) is 27.1. The van der Waals surface area contributed by atoms with Gasteiger partial charge in [0.15, 0.2) is 0 Å². The molecule has 0 aliphatic rings. The highest BCUT2D eigenvalue weighted by atomic mass is 32.1. The number of nitrogens with zero attached hydrogens (tertiary/aromatic N) is 4. The van der Waals surface area contributed by atoms with Crippen LogP contribution in [0.3, 0.4) is 0 Å². The number of aryl methyl sites for hydroxylation is 1. The zero-order chi connectivity index (χ0) is 12.3. The molecule has 0 bridgehead atoms. The van der Waals surface area contributed by atoms with Crippen LogP contribution in [0.15, 0.2) is 4.99 Å². The number of carbonyl (C=O) groups is 2. The van der Waals surface area contributed by atoms with Crippen molar-refractivity contribution in [1.29, 1.82) is 0 Å². The van der Waals surface area contributed by atoms with Crippen LogP contribution in [0, 0.1) is 0 Å². The minimum absolute atomic E-state index is 0.0723. The molecule has 0 atom stereocenters. The van der Waals surface area contributed by atoms with Gasteiger partial charge in [0.2, 0.25) is 4.80 Å². The molecule has 1 aromatic rings. The fourth-order valence-corrected chi connectivity index (χ4v) is 1.65. The third-order valence-electron chi connectivity index (χ3n) is 1.66. The SMILES string of the molecule is CCc1nn(C(=O)O)c(=NC(=O)N(C)C)s1. The summed E-state index contributed by atoms with van der Waals surface area (Å²) in [5, 5.41) is 13.3. The first-order valence-electron chi connectivity index (χ1n) is 4.54. The Bertz CT molecular complexity index is 474. The van der Waals surface area contributed by atoms with E-state index in [1.54, 1.807) is 14.1 Å². The predicted octanol–water partition coefficient (Wildman–Crippen LogP) is 0.615. The Morgan fingerprint density at radius 3 is 2.62 bits per heavy atom. The monoisotopic (exact) mass is 244 g/mol. The molecule has 88 valence electrons. The summed E-state index contributed by atoms with van der Waals surface area (Å²) in [6.45, 7) is 1.85. The molecule has 0 radical (unpaired) electrons. The molecule has 0 aliphatic carbocycles. The van der Waals surface area contributed by atoms with E-state index in [4.69, 9.17) is 5.11 Å². The van der Waals surface area contributed by atoms with Gasteiger partial charge in [-0.1, -0.05) is 18.3 Å². The van der Waals surface area contributed by atoms with Gasteiger partial charge in [0.25, 0.3) is 0 Å². The average molecular weight is 244 g/mol. The van der Waals surface area contributed by atoms with E-state index in [0.717, 1.165) is 11.3 Å². The normalized spacial score (nSPS) is 11.6. The predicted molar refractivity (Wildman–Crippen MR) is 57.6 cm³/mol. The van der Waals surface area contributed by atoms with E-state index in [9.17, 15) is 9.59 Å². The molecule has 8 heteroatoms. The lowest BCUT2D eigenvalue weighted by Gasteiger charge is -2.03. The molecule has 1 aromatic heterocycles. The highest BCUT2D eigenvalue weighted by Gasteiger charge is 2.11. The summed E-state index contributed by atoms with van der Waals surface area (Å²) in [6, 6.07) is -0.513. The van der Waals surface area contributed by atoms with Gasteiger partial charge in [-0.3, -0.25) is 0 Å². The van der Waals surface area contributed by atoms with Crippen molar-refractivity contribution >= 4 is 23.5 Å². The van der Waals surface area contributed by atoms with E-state index in [1.165, 1.54) is 4.90 Å². The number of aromatic nitrogens is 2. The lowest BCUT2D eigenvalue weighted by atomic mass is 10.5. The zero-order valence-corrected chi connectivity index (χ0v) is 9.98. The molecule has 7 nitrogen and oxygen atoms in total. The molecule has 1 heterocycles. The highest BCUT2D eigenvalue weighted by molar-refractivity contribution is 7.08. The van der Waals surface area contributed by atoms with E-state index >= 15 is 0 Å². The summed E-state index contributed by atoms with van der Waals surface area (Å²) in [5.74, 6) is 0. The van der Waals surface area contributed by atoms with Gasteiger partial charge in [-0.05, 0) is 6.42 Å². The maximum atomic E-state index is 11.3. The molecule has 0 aliphatic heterocycles. The van der Waals surface area contributed by atoms with E-state index in [1.807, 2.05) is 6.92 Å². The van der Waals surface area contributed by atoms with Gasteiger partial charge in [0, 0.05) is 14.1 Å². The second-order valence-electron chi connectivity index (χ2n) is 3.12. The molecule has 0 saturated heterocycles. The van der Waals surface area contributed by atoms with Gasteiger partial charge >= 0.3 is 12.1 Å². The first-order valence-corrected chi connectivity index (χ1v) is 5.35. The maximum absolute atomic E-state index is 11.3. The largest absolute Gasteiger partial charge is 0.463 e. The summed E-state index contributed by atoms with van der Waals surface area (Å²) in [6.07, 6.45) is -0.648. The van der Waals surface area contributed by atoms with E-state index in [0.29, 0.717) is 16.1 Å². The molecule has 1 rings (SSSR count). The zero-order valence-electron chi connectivity index (χ0n) is 9.17. The molecule has 0 saturated carbocycles. The maximum Gasteiger partial charge on any atom is 0.434 e. The highest BCUT2D eigenvalue weighted by Crippen LogP contribution is 1.99. The van der Waals surface area contributed by atoms with Crippen molar-refractivity contribution in [1.82, 2.24) is 14.7 Å². The third kappa shape index (κ3) is 2.66. The molecular weight excluding hydrogens is 232 g/mol. The lowest BCUT2D eigenvalue weighted by molar-refractivity contribution is 0.191. The van der Waals surface area contributed by atoms with E-state index < -0.39 is 12.1 Å². The van der Waals surface area contributed by atoms with Crippen LogP contribution in [-0.4, -0.2) is 46.0 Å². The number of carbonyl (C=O) groups excluding carboxylic acids is 1. The quantitative estimate of drug-likeness (QED) is 0.784. The van der Waals surface area contributed by atoms with Crippen LogP contribution in [0.2, 0.25) is 0 Å². The third-order valence-corrected chi connectivity index (χ3v) is 2.71. The van der Waals surface area contributed by atoms with Gasteiger partial charge < -0.3 is 10.0 Å². The van der Waals surface area contributed by atoms with Crippen LogP contribution in [0.25, 0.3) is 0 Å². The van der Waals surface area contributed by atoms with Crippen molar-refractivity contribution in [2.24, 2.45) is 4.99 Å². The number of amides is 2. The second kappa shape index (κ2) is 4.88. The van der Waals surface area contributed by atoms with Crippen LogP contribution in [0.5, 0.6) is 0 Å². The molecule has 1 N–H and O–H groups in total. The average Bonchev–Trinajstić information content (AvgIpc) is 2.61. The van der Waals surface area contributed by atoms with E-state index in [-0.39, 0.29) is 4.80 Å². The first-order chi connectivity index (χ1) is 7.45. The smallest absolute Gasteiger partial charge is 0.434 e. The molecule has 0 aromatic carbocycles. The van der Waals surface area contributed by atoms with Gasteiger partial charge in [-0.2, -0.15) is 10.1 Å². The Morgan fingerprint density at radius 2 is 2.19 bits per heavy atom. The summed E-state index contributed by atoms with van der Waals surface area (Å²) < 4.78 is 0.713. The number of urea groups is 1. The second-order valence-corrected chi connectivity index (χ2v) is 4.16. The fraction of sp³-hybridized carbons (Fsp3) is 0.500. The molecule has 0 fully saturated rings. The number of rotatable bonds is 1. The Labute approximate surface area is 95.7 Å². The fourth-order valence-electron chi connectivity index (χ4n) is 0.843. The van der Waals surface area contributed by atoms with Gasteiger partial charge in [0.1, 0.15) is 5.01 Å². The van der Waals surface area contributed by atoms with Crippen LogP contribution < -0.4 is 4.80 Å². The lowest BCUT2D eigenvalue weighted by Crippen LogP contribution is -2.27. The summed E-state index contributed by atoms with van der Waals surface area (Å²) >= 11 is 1.09. The van der Waals surface area contributed by atoms with Crippen molar-refractivity contribution in [2.45, 2.75) is 13.3 Å². The molecule has 0 unspecified atom stereocenters. The van der Waals surface area contributed by atoms with Crippen molar-refractivity contribution in [3.8, 4) is 0 Å². The van der Waals surface area contributed by atoms with Crippen LogP contribution in [0.1, 0.15) is 11.9 Å². The van der Waals surface area contributed by atoms with Crippen LogP contribution in [0.4, 0.5) is 9.59 Å². The van der Waals surface area contributed by atoms with Crippen molar-refractivity contribution in [3.05, 3.63) is 9.81 Å². The van der Waals surface area contributed by atoms with Gasteiger partial charge in [-0.25, -0.2) is 9.59 Å². The Morgan fingerprint density at radius 1 is 1.56 bits per heavy atom. The molecule has 0 spiro atoms. The number of carboxylic acid groups (broad SMARTS) is 1. The summed E-state index contributed by atoms with van der Waals surface area (Å²) in [7, 11) is 3.08. The Kier molecular flexibility index (Phi) is 3.78. The standard InChI is InChI=1S/C8H12N4O3S/c1-4-5-10-12(8(14)15)7(16-5)9-6(13)11(2)3/h4H2,1-3H3,(H,14,15). The van der Waals surface area contributed by atoms with Gasteiger partial charge in [0.05, 0.1) is 0 Å².